The van der Waals surface area contributed by atoms with E-state index in [9.17, 15) is 9.18 Å². The molecule has 0 saturated heterocycles. The second-order valence-corrected chi connectivity index (χ2v) is 16.9. The van der Waals surface area contributed by atoms with E-state index in [4.69, 9.17) is 9.47 Å². The van der Waals surface area contributed by atoms with Crippen LogP contribution in [0.2, 0.25) is 16.6 Å². The smallest absolute Gasteiger partial charge is 0.270 e. The number of aromatic nitrogens is 1. The summed E-state index contributed by atoms with van der Waals surface area (Å²) in [5.74, 6) is 3.91. The number of halogens is 1. The Labute approximate surface area is 231 Å². The third kappa shape index (κ3) is 6.45. The van der Waals surface area contributed by atoms with E-state index in [1.165, 1.54) is 23.5 Å². The van der Waals surface area contributed by atoms with Gasteiger partial charge in [-0.1, -0.05) is 53.7 Å². The molecule has 2 aromatic carbocycles. The number of thiazole rings is 1. The maximum atomic E-state index is 13.9. The van der Waals surface area contributed by atoms with Crippen molar-refractivity contribution in [2.75, 3.05) is 19.1 Å². The molecule has 0 spiro atoms. The Morgan fingerprint density at radius 1 is 0.974 bits per heavy atom. The first kappa shape index (κ1) is 29.4. The number of rotatable bonds is 9. The molecule has 0 aliphatic carbocycles. The van der Waals surface area contributed by atoms with Crippen LogP contribution in [0.3, 0.4) is 0 Å². The highest BCUT2D eigenvalue weighted by Gasteiger charge is 2.41. The molecule has 38 heavy (non-hydrogen) atoms. The van der Waals surface area contributed by atoms with Gasteiger partial charge >= 0.3 is 0 Å². The summed E-state index contributed by atoms with van der Waals surface area (Å²) in [5.41, 5.74) is 6.58. The minimum Gasteiger partial charge on any atom is -0.497 e. The number of carbonyl (C=O) groups excluding carboxylic acids is 1. The third-order valence-electron chi connectivity index (χ3n) is 7.12. The van der Waals surface area contributed by atoms with Crippen LogP contribution in [0.4, 0.5) is 10.1 Å². The van der Waals surface area contributed by atoms with Crippen molar-refractivity contribution in [1.29, 1.82) is 0 Å². The van der Waals surface area contributed by atoms with Crippen LogP contribution in [-0.2, 0) is 6.54 Å². The highest BCUT2D eigenvalue weighted by Crippen LogP contribution is 2.41. The van der Waals surface area contributed by atoms with Gasteiger partial charge in [-0.2, -0.15) is 0 Å². The van der Waals surface area contributed by atoms with Crippen LogP contribution in [0.1, 0.15) is 61.8 Å². The van der Waals surface area contributed by atoms with Gasteiger partial charge < -0.3 is 14.4 Å². The fraction of sp³-hybridized carbons (Fsp3) is 0.400. The van der Waals surface area contributed by atoms with Gasteiger partial charge in [0.25, 0.3) is 5.91 Å². The summed E-state index contributed by atoms with van der Waals surface area (Å²) in [4.78, 5) is 20.5. The Morgan fingerprint density at radius 3 is 2.03 bits per heavy atom. The Kier molecular flexibility index (Phi) is 9.75. The van der Waals surface area contributed by atoms with Gasteiger partial charge in [-0.25, -0.2) is 9.37 Å². The minimum atomic E-state index is -1.93. The normalized spacial score (nSPS) is 11.5. The molecule has 3 rings (SSSR count). The van der Waals surface area contributed by atoms with Crippen molar-refractivity contribution in [2.24, 2.45) is 0 Å². The zero-order valence-electron chi connectivity index (χ0n) is 23.5. The molecule has 0 aliphatic heterocycles. The van der Waals surface area contributed by atoms with Gasteiger partial charge in [0.05, 0.1) is 32.6 Å². The number of amides is 1. The zero-order valence-corrected chi connectivity index (χ0v) is 25.3. The Balaban J connectivity index is 2.02. The first-order chi connectivity index (χ1) is 18.0. The van der Waals surface area contributed by atoms with E-state index in [2.05, 4.69) is 58.0 Å². The lowest BCUT2D eigenvalue weighted by Crippen LogP contribution is -2.43. The number of anilines is 1. The van der Waals surface area contributed by atoms with Gasteiger partial charge in [-0.15, -0.1) is 16.9 Å². The van der Waals surface area contributed by atoms with E-state index in [0.717, 1.165) is 5.56 Å². The molecule has 1 aromatic heterocycles. The molecule has 0 saturated carbocycles. The lowest BCUT2D eigenvalue weighted by Gasteiger charge is -2.37. The number of carbonyl (C=O) groups is 1. The Morgan fingerprint density at radius 2 is 1.53 bits per heavy atom. The van der Waals surface area contributed by atoms with Gasteiger partial charge in [0.15, 0.2) is 5.01 Å². The van der Waals surface area contributed by atoms with E-state index in [1.807, 2.05) is 0 Å². The van der Waals surface area contributed by atoms with Crippen molar-refractivity contribution in [3.8, 4) is 23.0 Å². The standard InChI is InChI=1S/C30H37FN2O3SSi/c1-20(2)38(21(3)4,22(5)6)14-13-29-32-18-28(37-29)30(34)33(19-23-9-11-24(31)12-10-23)25-15-26(35-7)17-27(16-25)36-8/h9-12,15-18,20-22H,19H2,1-8H3. The molecule has 3 aromatic rings. The highest BCUT2D eigenvalue weighted by atomic mass is 32.1. The van der Waals surface area contributed by atoms with E-state index < -0.39 is 8.07 Å². The number of ether oxygens (including phenoxy) is 2. The van der Waals surface area contributed by atoms with Crippen molar-refractivity contribution < 1.29 is 18.7 Å². The predicted octanol–water partition coefficient (Wildman–Crippen LogP) is 7.72. The lowest BCUT2D eigenvalue weighted by atomic mass is 10.1. The number of methoxy groups -OCH3 is 2. The quantitative estimate of drug-likeness (QED) is 0.201. The maximum absolute atomic E-state index is 13.9. The molecule has 5 nitrogen and oxygen atoms in total. The average Bonchev–Trinajstić information content (AvgIpc) is 3.36. The van der Waals surface area contributed by atoms with E-state index in [-0.39, 0.29) is 18.3 Å². The topological polar surface area (TPSA) is 51.7 Å². The first-order valence-electron chi connectivity index (χ1n) is 12.8. The minimum absolute atomic E-state index is 0.227. The Hall–Kier alpha value is -3.15. The summed E-state index contributed by atoms with van der Waals surface area (Å²) in [7, 11) is 1.20. The van der Waals surface area contributed by atoms with Crippen molar-refractivity contribution in [2.45, 2.75) is 64.7 Å². The second kappa shape index (κ2) is 12.6. The first-order valence-corrected chi connectivity index (χ1v) is 15.8. The lowest BCUT2D eigenvalue weighted by molar-refractivity contribution is 0.0989. The third-order valence-corrected chi connectivity index (χ3v) is 14.3. The number of hydrogen-bond acceptors (Lipinski definition) is 5. The van der Waals surface area contributed by atoms with E-state index >= 15 is 0 Å². The summed E-state index contributed by atoms with van der Waals surface area (Å²) in [6.45, 7) is 13.9. The van der Waals surface area contributed by atoms with Gasteiger partial charge in [0.2, 0.25) is 0 Å². The fourth-order valence-electron chi connectivity index (χ4n) is 5.16. The molecule has 0 bridgehead atoms. The summed E-state index contributed by atoms with van der Waals surface area (Å²) in [5, 5.41) is 0.636. The van der Waals surface area contributed by atoms with Crippen LogP contribution < -0.4 is 14.4 Å². The summed E-state index contributed by atoms with van der Waals surface area (Å²) >= 11 is 1.30. The monoisotopic (exact) mass is 552 g/mol. The Bertz CT molecular complexity index is 1260. The van der Waals surface area contributed by atoms with Crippen LogP contribution in [0.5, 0.6) is 11.5 Å². The molecule has 202 valence electrons. The molecule has 8 heteroatoms. The maximum Gasteiger partial charge on any atom is 0.270 e. The van der Waals surface area contributed by atoms with Gasteiger partial charge in [0.1, 0.15) is 30.3 Å². The van der Waals surface area contributed by atoms with Crippen LogP contribution >= 0.6 is 11.3 Å². The molecule has 1 heterocycles. The van der Waals surface area contributed by atoms with Crippen LogP contribution in [-0.4, -0.2) is 33.2 Å². The molecule has 0 N–H and O–H groups in total. The molecular weight excluding hydrogens is 515 g/mol. The van der Waals surface area contributed by atoms with Crippen molar-refractivity contribution in [1.82, 2.24) is 4.98 Å². The molecule has 0 radical (unpaired) electrons. The predicted molar refractivity (Wildman–Crippen MR) is 156 cm³/mol. The van der Waals surface area contributed by atoms with Crippen molar-refractivity contribution in [3.05, 3.63) is 69.9 Å². The van der Waals surface area contributed by atoms with Crippen molar-refractivity contribution >= 4 is 31.0 Å². The van der Waals surface area contributed by atoms with Crippen LogP contribution in [0.15, 0.2) is 48.7 Å². The summed E-state index contributed by atoms with van der Waals surface area (Å²) in [6, 6.07) is 11.4. The summed E-state index contributed by atoms with van der Waals surface area (Å²) < 4.78 is 24.4. The molecular formula is C30H37FN2O3SSi. The molecule has 0 aliphatic rings. The van der Waals surface area contributed by atoms with Crippen LogP contribution in [0.25, 0.3) is 0 Å². The molecule has 1 amide bonds. The molecule has 0 unspecified atom stereocenters. The zero-order chi connectivity index (χ0) is 28.0. The van der Waals surface area contributed by atoms with E-state index in [1.54, 1.807) is 55.6 Å². The van der Waals surface area contributed by atoms with Gasteiger partial charge in [-0.3, -0.25) is 4.79 Å². The summed E-state index contributed by atoms with van der Waals surface area (Å²) in [6.07, 6.45) is 1.59. The number of benzene rings is 2. The van der Waals surface area contributed by atoms with Gasteiger partial charge in [-0.05, 0) is 40.2 Å². The number of hydrogen-bond donors (Lipinski definition) is 0. The van der Waals surface area contributed by atoms with Crippen LogP contribution in [0, 0.1) is 17.3 Å². The largest absolute Gasteiger partial charge is 0.497 e. The van der Waals surface area contributed by atoms with Gasteiger partial charge in [0, 0.05) is 18.2 Å². The SMILES string of the molecule is COc1cc(OC)cc(N(Cc2ccc(F)cc2)C(=O)c2cnc(C#C[Si](C(C)C)(C(C)C)C(C)C)s2)c1. The number of nitrogens with zero attached hydrogens (tertiary/aromatic N) is 2. The van der Waals surface area contributed by atoms with E-state index in [0.29, 0.717) is 43.7 Å². The molecule has 0 atom stereocenters. The fourth-order valence-corrected chi connectivity index (χ4v) is 11.2. The molecule has 0 fully saturated rings. The average molecular weight is 553 g/mol. The van der Waals surface area contributed by atoms with Crippen molar-refractivity contribution in [3.63, 3.8) is 0 Å². The highest BCUT2D eigenvalue weighted by molar-refractivity contribution is 7.14. The second-order valence-electron chi connectivity index (χ2n) is 10.3.